The lowest BCUT2D eigenvalue weighted by Crippen LogP contribution is -1.98. The first kappa shape index (κ1) is 13.0. The standard InChI is InChI=1S/C10H9N3O3S/c1-7(14)17-4-2-3-8-5-9(13(15)16)10(11)12-6-8/h5-6H,4H2,1H3,(H2,11,12). The van der Waals surface area contributed by atoms with Crippen LogP contribution in [0, 0.1) is 22.0 Å². The topological polar surface area (TPSA) is 99.1 Å². The monoisotopic (exact) mass is 251 g/mol. The summed E-state index contributed by atoms with van der Waals surface area (Å²) in [4.78, 5) is 24.3. The van der Waals surface area contributed by atoms with Crippen LogP contribution in [0.3, 0.4) is 0 Å². The second kappa shape index (κ2) is 5.86. The molecule has 2 N–H and O–H groups in total. The second-order valence-corrected chi connectivity index (χ2v) is 4.12. The van der Waals surface area contributed by atoms with E-state index in [-0.39, 0.29) is 16.6 Å². The molecule has 17 heavy (non-hydrogen) atoms. The number of hydrogen-bond donors (Lipinski definition) is 1. The number of carbonyl (C=O) groups is 1. The van der Waals surface area contributed by atoms with E-state index in [2.05, 4.69) is 16.8 Å². The fourth-order valence-corrected chi connectivity index (χ4v) is 1.30. The van der Waals surface area contributed by atoms with Crippen LogP contribution in [-0.2, 0) is 4.79 Å². The van der Waals surface area contributed by atoms with Gasteiger partial charge in [0.25, 0.3) is 0 Å². The second-order valence-electron chi connectivity index (χ2n) is 2.97. The van der Waals surface area contributed by atoms with E-state index in [9.17, 15) is 14.9 Å². The van der Waals surface area contributed by atoms with Crippen molar-refractivity contribution in [3.05, 3.63) is 27.9 Å². The Morgan fingerprint density at radius 1 is 1.71 bits per heavy atom. The molecule has 0 atom stereocenters. The van der Waals surface area contributed by atoms with Crippen LogP contribution < -0.4 is 5.73 Å². The SMILES string of the molecule is CC(=O)SCC#Cc1cnc(N)c([N+](=O)[O-])c1. The lowest BCUT2D eigenvalue weighted by atomic mass is 10.2. The summed E-state index contributed by atoms with van der Waals surface area (Å²) in [6.07, 6.45) is 1.35. The van der Waals surface area contributed by atoms with E-state index in [1.54, 1.807) is 0 Å². The third-order valence-electron chi connectivity index (χ3n) is 1.67. The molecular weight excluding hydrogens is 242 g/mol. The summed E-state index contributed by atoms with van der Waals surface area (Å²) in [5.74, 6) is 5.58. The predicted octanol–water partition coefficient (Wildman–Crippen LogP) is 1.20. The largest absolute Gasteiger partial charge is 0.378 e. The van der Waals surface area contributed by atoms with Gasteiger partial charge in [-0.15, -0.1) is 0 Å². The molecule has 1 heterocycles. The van der Waals surface area contributed by atoms with Crippen molar-refractivity contribution >= 4 is 28.4 Å². The van der Waals surface area contributed by atoms with Gasteiger partial charge in [0.05, 0.1) is 10.7 Å². The average molecular weight is 251 g/mol. The maximum absolute atomic E-state index is 10.6. The first-order chi connectivity index (χ1) is 8.00. The van der Waals surface area contributed by atoms with Gasteiger partial charge in [-0.2, -0.15) is 0 Å². The first-order valence-electron chi connectivity index (χ1n) is 4.53. The van der Waals surface area contributed by atoms with Crippen LogP contribution in [0.4, 0.5) is 11.5 Å². The third-order valence-corrected chi connectivity index (χ3v) is 2.37. The molecule has 0 aliphatic carbocycles. The first-order valence-corrected chi connectivity index (χ1v) is 5.51. The number of nitrogens with two attached hydrogens (primary N) is 1. The zero-order valence-corrected chi connectivity index (χ0v) is 9.78. The highest BCUT2D eigenvalue weighted by Gasteiger charge is 2.12. The maximum atomic E-state index is 10.6. The molecule has 0 fully saturated rings. The number of hydrogen-bond acceptors (Lipinski definition) is 6. The lowest BCUT2D eigenvalue weighted by molar-refractivity contribution is -0.384. The fourth-order valence-electron chi connectivity index (χ4n) is 0.954. The molecule has 1 rings (SSSR count). The lowest BCUT2D eigenvalue weighted by Gasteiger charge is -1.95. The Balaban J connectivity index is 2.82. The van der Waals surface area contributed by atoms with Gasteiger partial charge in [0.1, 0.15) is 0 Å². The molecule has 0 bridgehead atoms. The number of nitrogens with zero attached hydrogens (tertiary/aromatic N) is 2. The van der Waals surface area contributed by atoms with Crippen molar-refractivity contribution in [1.82, 2.24) is 4.98 Å². The summed E-state index contributed by atoms with van der Waals surface area (Å²) in [5.41, 5.74) is 5.47. The Kier molecular flexibility index (Phi) is 4.48. The van der Waals surface area contributed by atoms with Gasteiger partial charge in [0.2, 0.25) is 5.82 Å². The molecule has 7 heteroatoms. The molecule has 0 saturated carbocycles. The van der Waals surface area contributed by atoms with Gasteiger partial charge < -0.3 is 5.73 Å². The van der Waals surface area contributed by atoms with E-state index in [0.717, 1.165) is 11.8 Å². The minimum absolute atomic E-state index is 0.0271. The van der Waals surface area contributed by atoms with Crippen molar-refractivity contribution < 1.29 is 9.72 Å². The van der Waals surface area contributed by atoms with Crippen LogP contribution in [0.15, 0.2) is 12.3 Å². The van der Waals surface area contributed by atoms with Gasteiger partial charge in [0, 0.05) is 24.8 Å². The zero-order chi connectivity index (χ0) is 12.8. The fraction of sp³-hybridized carbons (Fsp3) is 0.200. The van der Waals surface area contributed by atoms with E-state index in [4.69, 9.17) is 5.73 Å². The maximum Gasteiger partial charge on any atom is 0.312 e. The highest BCUT2D eigenvalue weighted by atomic mass is 32.2. The third kappa shape index (κ3) is 4.12. The molecule has 0 aliphatic heterocycles. The van der Waals surface area contributed by atoms with Gasteiger partial charge in [-0.25, -0.2) is 4.98 Å². The number of anilines is 1. The quantitative estimate of drug-likeness (QED) is 0.481. The van der Waals surface area contributed by atoms with Crippen molar-refractivity contribution in [3.8, 4) is 11.8 Å². The number of thioether (sulfide) groups is 1. The van der Waals surface area contributed by atoms with Gasteiger partial charge in [-0.3, -0.25) is 14.9 Å². The Hall–Kier alpha value is -2.07. The van der Waals surface area contributed by atoms with Crippen molar-refractivity contribution in [2.75, 3.05) is 11.5 Å². The Bertz CT molecular complexity index is 519. The molecule has 1 aromatic heterocycles. The Labute approximate surface area is 102 Å². The number of pyridine rings is 1. The van der Waals surface area contributed by atoms with E-state index in [0.29, 0.717) is 11.3 Å². The number of nitro groups is 1. The number of aromatic nitrogens is 1. The number of rotatable bonds is 2. The van der Waals surface area contributed by atoms with Crippen molar-refractivity contribution in [2.24, 2.45) is 0 Å². The van der Waals surface area contributed by atoms with E-state index in [1.807, 2.05) is 0 Å². The smallest absolute Gasteiger partial charge is 0.312 e. The normalized spacial score (nSPS) is 9.24. The van der Waals surface area contributed by atoms with Crippen LogP contribution >= 0.6 is 11.8 Å². The van der Waals surface area contributed by atoms with E-state index < -0.39 is 4.92 Å². The summed E-state index contributed by atoms with van der Waals surface area (Å²) >= 11 is 1.07. The minimum Gasteiger partial charge on any atom is -0.378 e. The van der Waals surface area contributed by atoms with Gasteiger partial charge >= 0.3 is 5.69 Å². The molecule has 0 saturated heterocycles. The van der Waals surface area contributed by atoms with Gasteiger partial charge in [-0.1, -0.05) is 23.6 Å². The van der Waals surface area contributed by atoms with Crippen LogP contribution in [0.25, 0.3) is 0 Å². The molecule has 0 aliphatic rings. The zero-order valence-electron chi connectivity index (χ0n) is 8.97. The van der Waals surface area contributed by atoms with E-state index >= 15 is 0 Å². The van der Waals surface area contributed by atoms with Crippen LogP contribution in [0.5, 0.6) is 0 Å². The van der Waals surface area contributed by atoms with Gasteiger partial charge in [-0.05, 0) is 0 Å². The molecule has 0 spiro atoms. The van der Waals surface area contributed by atoms with Crippen molar-refractivity contribution in [3.63, 3.8) is 0 Å². The number of nitrogen functional groups attached to an aromatic ring is 1. The summed E-state index contributed by atoms with van der Waals surface area (Å²) in [5, 5.41) is 10.6. The van der Waals surface area contributed by atoms with Crippen LogP contribution in [0.2, 0.25) is 0 Å². The molecule has 0 unspecified atom stereocenters. The highest BCUT2D eigenvalue weighted by molar-refractivity contribution is 8.13. The molecule has 0 radical (unpaired) electrons. The summed E-state index contributed by atoms with van der Waals surface area (Å²) in [7, 11) is 0. The molecule has 88 valence electrons. The van der Waals surface area contributed by atoms with Crippen LogP contribution in [0.1, 0.15) is 12.5 Å². The average Bonchev–Trinajstić information content (AvgIpc) is 2.25. The van der Waals surface area contributed by atoms with Crippen molar-refractivity contribution in [1.29, 1.82) is 0 Å². The van der Waals surface area contributed by atoms with Crippen LogP contribution in [-0.4, -0.2) is 20.8 Å². The summed E-state index contributed by atoms with van der Waals surface area (Å²) in [6, 6.07) is 1.26. The van der Waals surface area contributed by atoms with E-state index in [1.165, 1.54) is 19.2 Å². The van der Waals surface area contributed by atoms with Crippen molar-refractivity contribution in [2.45, 2.75) is 6.92 Å². The minimum atomic E-state index is -0.613. The summed E-state index contributed by atoms with van der Waals surface area (Å²) in [6.45, 7) is 1.45. The summed E-state index contributed by atoms with van der Waals surface area (Å²) < 4.78 is 0. The van der Waals surface area contributed by atoms with Gasteiger partial charge in [0.15, 0.2) is 5.12 Å². The predicted molar refractivity (Wildman–Crippen MR) is 65.3 cm³/mol. The molecule has 6 nitrogen and oxygen atoms in total. The molecular formula is C10H9N3O3S. The molecule has 1 aromatic rings. The number of carbonyl (C=O) groups excluding carboxylic acids is 1. The Morgan fingerprint density at radius 3 is 3.00 bits per heavy atom. The Morgan fingerprint density at radius 2 is 2.41 bits per heavy atom. The molecule has 0 aromatic carbocycles. The molecule has 0 amide bonds. The highest BCUT2D eigenvalue weighted by Crippen LogP contribution is 2.18.